The van der Waals surface area contributed by atoms with E-state index in [4.69, 9.17) is 4.74 Å². The Hall–Kier alpha value is -2.77. The lowest BCUT2D eigenvalue weighted by molar-refractivity contribution is 0.0752. The highest BCUT2D eigenvalue weighted by molar-refractivity contribution is 5.92. The molecule has 1 amide bonds. The van der Waals surface area contributed by atoms with Gasteiger partial charge in [-0.3, -0.25) is 9.59 Å². The number of halogens is 2. The molecule has 2 aromatic rings. The molecule has 1 fully saturated rings. The summed E-state index contributed by atoms with van der Waals surface area (Å²) in [7, 11) is 1.32. The second-order valence-corrected chi connectivity index (χ2v) is 6.12. The van der Waals surface area contributed by atoms with Crippen LogP contribution in [0.1, 0.15) is 36.2 Å². The second kappa shape index (κ2) is 7.63. The molecule has 1 aromatic heterocycles. The molecule has 0 radical (unpaired) electrons. The van der Waals surface area contributed by atoms with Crippen molar-refractivity contribution in [2.75, 3.05) is 20.2 Å². The van der Waals surface area contributed by atoms with Gasteiger partial charge >= 0.3 is 0 Å². The first-order valence-electron chi connectivity index (χ1n) is 8.44. The van der Waals surface area contributed by atoms with E-state index in [9.17, 15) is 18.4 Å². The quantitative estimate of drug-likeness (QED) is 0.841. The number of nitrogens with zero attached hydrogens (tertiary/aromatic N) is 3. The Morgan fingerprint density at radius 1 is 1.08 bits per heavy atom. The summed E-state index contributed by atoms with van der Waals surface area (Å²) in [5.74, 6) is -2.51. The molecule has 6 nitrogen and oxygen atoms in total. The molecule has 0 aliphatic carbocycles. The van der Waals surface area contributed by atoms with Gasteiger partial charge in [-0.15, -0.1) is 0 Å². The van der Waals surface area contributed by atoms with E-state index in [0.29, 0.717) is 13.1 Å². The number of likely N-dealkylation sites (tertiary alicyclic amines) is 1. The smallest absolute Gasteiger partial charge is 0.278 e. The van der Waals surface area contributed by atoms with E-state index >= 15 is 0 Å². The van der Waals surface area contributed by atoms with Crippen molar-refractivity contribution in [2.24, 2.45) is 0 Å². The molecule has 0 unspecified atom stereocenters. The van der Waals surface area contributed by atoms with Crippen LogP contribution >= 0.6 is 0 Å². The molecule has 0 N–H and O–H groups in total. The minimum Gasteiger partial charge on any atom is -0.481 e. The van der Waals surface area contributed by atoms with E-state index < -0.39 is 23.0 Å². The Balaban J connectivity index is 2.05. The SMILES string of the molecule is COc1cc(=O)c(C(=O)N2CCCCCC2)nn1-c1ccc(F)c(F)c1. The summed E-state index contributed by atoms with van der Waals surface area (Å²) in [6.07, 6.45) is 3.83. The lowest BCUT2D eigenvalue weighted by atomic mass is 10.2. The highest BCUT2D eigenvalue weighted by atomic mass is 19.2. The maximum Gasteiger partial charge on any atom is 0.278 e. The monoisotopic (exact) mass is 363 g/mol. The Morgan fingerprint density at radius 3 is 2.38 bits per heavy atom. The molecule has 138 valence electrons. The van der Waals surface area contributed by atoms with E-state index in [1.54, 1.807) is 4.90 Å². The maximum atomic E-state index is 13.6. The van der Waals surface area contributed by atoms with Crippen LogP contribution in [0.4, 0.5) is 8.78 Å². The Bertz CT molecular complexity index is 874. The van der Waals surface area contributed by atoms with Crippen molar-refractivity contribution in [3.05, 3.63) is 51.8 Å². The highest BCUT2D eigenvalue weighted by Gasteiger charge is 2.23. The van der Waals surface area contributed by atoms with Crippen molar-refractivity contribution in [1.82, 2.24) is 14.7 Å². The van der Waals surface area contributed by atoms with Gasteiger partial charge in [0, 0.05) is 19.2 Å². The van der Waals surface area contributed by atoms with Gasteiger partial charge in [-0.2, -0.15) is 5.10 Å². The fraction of sp³-hybridized carbons (Fsp3) is 0.389. The van der Waals surface area contributed by atoms with Crippen molar-refractivity contribution in [3.8, 4) is 11.6 Å². The van der Waals surface area contributed by atoms with E-state index in [0.717, 1.165) is 48.6 Å². The Labute approximate surface area is 149 Å². The minimum absolute atomic E-state index is 0.0217. The topological polar surface area (TPSA) is 64.4 Å². The summed E-state index contributed by atoms with van der Waals surface area (Å²) >= 11 is 0. The molecule has 26 heavy (non-hydrogen) atoms. The zero-order valence-electron chi connectivity index (χ0n) is 14.4. The highest BCUT2D eigenvalue weighted by Crippen LogP contribution is 2.18. The number of methoxy groups -OCH3 is 1. The maximum absolute atomic E-state index is 13.6. The fourth-order valence-corrected chi connectivity index (χ4v) is 2.96. The standard InChI is InChI=1S/C18H19F2N3O3/c1-26-16-11-15(24)17(18(25)22-8-4-2-3-5-9-22)21-23(16)12-6-7-13(19)14(20)10-12/h6-7,10-11H,2-5,8-9H2,1H3. The summed E-state index contributed by atoms with van der Waals surface area (Å²) in [5.41, 5.74) is -0.696. The summed E-state index contributed by atoms with van der Waals surface area (Å²) in [6, 6.07) is 4.29. The van der Waals surface area contributed by atoms with Crippen molar-refractivity contribution >= 4 is 5.91 Å². The van der Waals surface area contributed by atoms with E-state index in [1.807, 2.05) is 0 Å². The molecular weight excluding hydrogens is 344 g/mol. The van der Waals surface area contributed by atoms with Gasteiger partial charge in [0.2, 0.25) is 11.3 Å². The molecule has 1 aliphatic heterocycles. The van der Waals surface area contributed by atoms with Crippen molar-refractivity contribution in [1.29, 1.82) is 0 Å². The van der Waals surface area contributed by atoms with E-state index in [1.165, 1.54) is 13.2 Å². The van der Waals surface area contributed by atoms with Crippen molar-refractivity contribution < 1.29 is 18.3 Å². The van der Waals surface area contributed by atoms with Crippen molar-refractivity contribution in [2.45, 2.75) is 25.7 Å². The zero-order chi connectivity index (χ0) is 18.7. The van der Waals surface area contributed by atoms with Gasteiger partial charge in [-0.05, 0) is 25.0 Å². The average Bonchev–Trinajstić information content (AvgIpc) is 2.92. The van der Waals surface area contributed by atoms with Gasteiger partial charge in [-0.1, -0.05) is 12.8 Å². The van der Waals surface area contributed by atoms with Crippen LogP contribution in [0.2, 0.25) is 0 Å². The van der Waals surface area contributed by atoms with E-state index in [2.05, 4.69) is 5.10 Å². The average molecular weight is 363 g/mol. The first-order chi connectivity index (χ1) is 12.5. The fourth-order valence-electron chi connectivity index (χ4n) is 2.96. The van der Waals surface area contributed by atoms with E-state index in [-0.39, 0.29) is 17.3 Å². The van der Waals surface area contributed by atoms with Gasteiger partial charge in [0.25, 0.3) is 5.91 Å². The number of hydrogen-bond acceptors (Lipinski definition) is 4. The summed E-state index contributed by atoms with van der Waals surface area (Å²) in [4.78, 5) is 26.7. The normalized spacial score (nSPS) is 14.8. The minimum atomic E-state index is -1.06. The number of rotatable bonds is 3. The number of aromatic nitrogens is 2. The van der Waals surface area contributed by atoms with Gasteiger partial charge in [-0.25, -0.2) is 13.5 Å². The number of amides is 1. The number of carbonyl (C=O) groups excluding carboxylic acids is 1. The summed E-state index contributed by atoms with van der Waals surface area (Å²) in [6.45, 7) is 1.13. The molecule has 1 aliphatic rings. The third kappa shape index (κ3) is 3.58. The number of hydrogen-bond donors (Lipinski definition) is 0. The summed E-state index contributed by atoms with van der Waals surface area (Å²) in [5, 5.41) is 4.09. The molecule has 2 heterocycles. The number of benzene rings is 1. The van der Waals surface area contributed by atoms with Gasteiger partial charge < -0.3 is 9.64 Å². The third-order valence-electron chi connectivity index (χ3n) is 4.35. The lowest BCUT2D eigenvalue weighted by Crippen LogP contribution is -2.36. The Morgan fingerprint density at radius 2 is 1.77 bits per heavy atom. The number of carbonyl (C=O) groups is 1. The first-order valence-corrected chi connectivity index (χ1v) is 8.44. The molecule has 0 saturated carbocycles. The molecule has 8 heteroatoms. The van der Waals surface area contributed by atoms with Crippen LogP contribution in [0.15, 0.2) is 29.1 Å². The van der Waals surface area contributed by atoms with Crippen molar-refractivity contribution in [3.63, 3.8) is 0 Å². The molecule has 0 spiro atoms. The predicted molar refractivity (Wildman–Crippen MR) is 90.7 cm³/mol. The largest absolute Gasteiger partial charge is 0.481 e. The predicted octanol–water partition coefficient (Wildman–Crippen LogP) is 2.54. The van der Waals surface area contributed by atoms with Crippen LogP contribution in [0, 0.1) is 11.6 Å². The molecule has 3 rings (SSSR count). The molecule has 1 saturated heterocycles. The van der Waals surface area contributed by atoms with Gasteiger partial charge in [0.1, 0.15) is 0 Å². The van der Waals surface area contributed by atoms with Gasteiger partial charge in [0.15, 0.2) is 17.3 Å². The van der Waals surface area contributed by atoms with Crippen LogP contribution < -0.4 is 10.2 Å². The molecular formula is C18H19F2N3O3. The van der Waals surface area contributed by atoms with Crippen LogP contribution in [-0.2, 0) is 0 Å². The second-order valence-electron chi connectivity index (χ2n) is 6.12. The third-order valence-corrected chi connectivity index (χ3v) is 4.35. The van der Waals surface area contributed by atoms with Gasteiger partial charge in [0.05, 0.1) is 18.9 Å². The molecule has 0 atom stereocenters. The Kier molecular flexibility index (Phi) is 5.29. The lowest BCUT2D eigenvalue weighted by Gasteiger charge is -2.20. The van der Waals surface area contributed by atoms with Crippen LogP contribution in [-0.4, -0.2) is 40.8 Å². The zero-order valence-corrected chi connectivity index (χ0v) is 14.4. The number of ether oxygens (including phenoxy) is 1. The first kappa shape index (κ1) is 18.0. The van der Waals surface area contributed by atoms with Crippen LogP contribution in [0.3, 0.4) is 0 Å². The summed E-state index contributed by atoms with van der Waals surface area (Å²) < 4.78 is 33.0. The molecule has 1 aromatic carbocycles. The van der Waals surface area contributed by atoms with Crippen LogP contribution in [0.5, 0.6) is 5.88 Å². The van der Waals surface area contributed by atoms with Crippen LogP contribution in [0.25, 0.3) is 5.69 Å². The molecule has 0 bridgehead atoms.